The first-order valence-corrected chi connectivity index (χ1v) is 6.99. The third kappa shape index (κ3) is 3.05. The Kier molecular flexibility index (Phi) is 4.08. The lowest BCUT2D eigenvalue weighted by Crippen LogP contribution is -2.26. The zero-order valence-corrected chi connectivity index (χ0v) is 11.6. The van der Waals surface area contributed by atoms with Gasteiger partial charge in [-0.2, -0.15) is 0 Å². The van der Waals surface area contributed by atoms with E-state index in [2.05, 4.69) is 15.5 Å². The van der Waals surface area contributed by atoms with Crippen LogP contribution in [0.2, 0.25) is 0 Å². The van der Waals surface area contributed by atoms with Crippen LogP contribution < -0.4 is 5.32 Å². The van der Waals surface area contributed by atoms with Gasteiger partial charge in [0.05, 0.1) is 12.6 Å². The maximum atomic E-state index is 5.67. The summed E-state index contributed by atoms with van der Waals surface area (Å²) in [6.45, 7) is 0.612. The minimum atomic E-state index is 0.384. The summed E-state index contributed by atoms with van der Waals surface area (Å²) in [6, 6.07) is 10.3. The van der Waals surface area contributed by atoms with Crippen LogP contribution in [0.5, 0.6) is 0 Å². The van der Waals surface area contributed by atoms with E-state index in [1.807, 2.05) is 30.3 Å². The van der Waals surface area contributed by atoms with Crippen molar-refractivity contribution in [2.24, 2.45) is 0 Å². The van der Waals surface area contributed by atoms with Crippen molar-refractivity contribution >= 4 is 0 Å². The Labute approximate surface area is 118 Å². The molecule has 1 fully saturated rings. The van der Waals surface area contributed by atoms with Crippen LogP contribution in [-0.4, -0.2) is 29.5 Å². The molecule has 0 saturated heterocycles. The normalized spacial score (nSPS) is 22.2. The second-order valence-electron chi connectivity index (χ2n) is 5.12. The number of aromatic nitrogens is 2. The molecule has 0 spiro atoms. The summed E-state index contributed by atoms with van der Waals surface area (Å²) in [7, 11) is 1.77. The van der Waals surface area contributed by atoms with Crippen LogP contribution in [0, 0.1) is 0 Å². The monoisotopic (exact) mass is 273 g/mol. The summed E-state index contributed by atoms with van der Waals surface area (Å²) in [6.07, 6.45) is 3.69. The first-order chi connectivity index (χ1) is 9.85. The summed E-state index contributed by atoms with van der Waals surface area (Å²) in [5.74, 6) is 1.20. The van der Waals surface area contributed by atoms with Gasteiger partial charge in [-0.1, -0.05) is 18.2 Å². The highest BCUT2D eigenvalue weighted by molar-refractivity contribution is 5.51. The van der Waals surface area contributed by atoms with E-state index in [0.717, 1.165) is 24.8 Å². The second-order valence-corrected chi connectivity index (χ2v) is 5.12. The molecule has 0 aliphatic heterocycles. The highest BCUT2D eigenvalue weighted by atomic mass is 16.5. The van der Waals surface area contributed by atoms with Crippen molar-refractivity contribution in [3.05, 3.63) is 36.2 Å². The molecule has 1 aromatic heterocycles. The van der Waals surface area contributed by atoms with Gasteiger partial charge in [0.2, 0.25) is 11.8 Å². The smallest absolute Gasteiger partial charge is 0.247 e. The van der Waals surface area contributed by atoms with Crippen molar-refractivity contribution in [1.82, 2.24) is 15.5 Å². The van der Waals surface area contributed by atoms with Gasteiger partial charge in [-0.05, 0) is 31.4 Å². The number of hydrogen-bond donors (Lipinski definition) is 1. The van der Waals surface area contributed by atoms with E-state index < -0.39 is 0 Å². The lowest BCUT2D eigenvalue weighted by Gasteiger charge is -2.10. The maximum absolute atomic E-state index is 5.67. The largest absolute Gasteiger partial charge is 0.419 e. The fourth-order valence-electron chi connectivity index (χ4n) is 2.59. The molecule has 1 aromatic carbocycles. The van der Waals surface area contributed by atoms with Gasteiger partial charge in [-0.3, -0.25) is 0 Å². The van der Waals surface area contributed by atoms with Crippen molar-refractivity contribution in [2.75, 3.05) is 7.11 Å². The number of benzene rings is 1. The van der Waals surface area contributed by atoms with Crippen molar-refractivity contribution < 1.29 is 9.15 Å². The van der Waals surface area contributed by atoms with Crippen LogP contribution >= 0.6 is 0 Å². The van der Waals surface area contributed by atoms with E-state index in [-0.39, 0.29) is 0 Å². The van der Waals surface area contributed by atoms with Crippen LogP contribution in [0.25, 0.3) is 11.5 Å². The molecule has 0 bridgehead atoms. The van der Waals surface area contributed by atoms with Gasteiger partial charge in [0.15, 0.2) is 0 Å². The standard InChI is InChI=1S/C15H19N3O2/c1-19-13-8-7-12(9-13)16-10-14-17-18-15(20-14)11-5-3-2-4-6-11/h2-6,12-13,16H,7-10H2,1H3. The van der Waals surface area contributed by atoms with Gasteiger partial charge >= 0.3 is 0 Å². The van der Waals surface area contributed by atoms with Gasteiger partial charge < -0.3 is 14.5 Å². The van der Waals surface area contributed by atoms with E-state index in [1.54, 1.807) is 7.11 Å². The second kappa shape index (κ2) is 6.15. The number of hydrogen-bond acceptors (Lipinski definition) is 5. The summed E-state index contributed by atoms with van der Waals surface area (Å²) in [5.41, 5.74) is 0.951. The van der Waals surface area contributed by atoms with Crippen LogP contribution in [-0.2, 0) is 11.3 Å². The first-order valence-electron chi connectivity index (χ1n) is 6.99. The molecule has 1 N–H and O–H groups in total. The third-order valence-electron chi connectivity index (χ3n) is 3.75. The lowest BCUT2D eigenvalue weighted by atomic mass is 10.2. The van der Waals surface area contributed by atoms with Gasteiger partial charge in [0.25, 0.3) is 0 Å². The third-order valence-corrected chi connectivity index (χ3v) is 3.75. The molecule has 0 amide bonds. The predicted octanol–water partition coefficient (Wildman–Crippen LogP) is 2.39. The summed E-state index contributed by atoms with van der Waals surface area (Å²) < 4.78 is 11.0. The van der Waals surface area contributed by atoms with Gasteiger partial charge in [-0.15, -0.1) is 10.2 Å². The molecule has 2 unspecified atom stereocenters. The topological polar surface area (TPSA) is 60.2 Å². The van der Waals surface area contributed by atoms with E-state index in [4.69, 9.17) is 9.15 Å². The van der Waals surface area contributed by atoms with Gasteiger partial charge in [0, 0.05) is 18.7 Å². The number of methoxy groups -OCH3 is 1. The molecule has 1 aliphatic rings. The molecule has 1 saturated carbocycles. The van der Waals surface area contributed by atoms with Crippen LogP contribution in [0.15, 0.2) is 34.7 Å². The summed E-state index contributed by atoms with van der Waals surface area (Å²) >= 11 is 0. The van der Waals surface area contributed by atoms with Crippen LogP contribution in [0.1, 0.15) is 25.2 Å². The molecular weight excluding hydrogens is 254 g/mol. The van der Waals surface area contributed by atoms with E-state index >= 15 is 0 Å². The number of ether oxygens (including phenoxy) is 1. The molecule has 5 heteroatoms. The number of rotatable bonds is 5. The molecule has 20 heavy (non-hydrogen) atoms. The lowest BCUT2D eigenvalue weighted by molar-refractivity contribution is 0.107. The minimum absolute atomic E-state index is 0.384. The molecule has 3 rings (SSSR count). The Morgan fingerprint density at radius 1 is 1.25 bits per heavy atom. The highest BCUT2D eigenvalue weighted by Crippen LogP contribution is 2.22. The van der Waals surface area contributed by atoms with Crippen molar-refractivity contribution in [3.63, 3.8) is 0 Å². The van der Waals surface area contributed by atoms with Crippen molar-refractivity contribution in [2.45, 2.75) is 38.0 Å². The SMILES string of the molecule is COC1CCC(NCc2nnc(-c3ccccc3)o2)C1. The van der Waals surface area contributed by atoms with E-state index in [0.29, 0.717) is 30.5 Å². The maximum Gasteiger partial charge on any atom is 0.247 e. The van der Waals surface area contributed by atoms with Crippen molar-refractivity contribution in [1.29, 1.82) is 0 Å². The van der Waals surface area contributed by atoms with E-state index in [9.17, 15) is 0 Å². The quantitative estimate of drug-likeness (QED) is 0.906. The summed E-state index contributed by atoms with van der Waals surface area (Å²) in [5, 5.41) is 11.6. The molecule has 106 valence electrons. The highest BCUT2D eigenvalue weighted by Gasteiger charge is 2.24. The Morgan fingerprint density at radius 2 is 2.10 bits per heavy atom. The zero-order chi connectivity index (χ0) is 13.8. The van der Waals surface area contributed by atoms with Crippen LogP contribution in [0.4, 0.5) is 0 Å². The van der Waals surface area contributed by atoms with Crippen molar-refractivity contribution in [3.8, 4) is 11.5 Å². The zero-order valence-electron chi connectivity index (χ0n) is 11.6. The molecule has 1 aliphatic carbocycles. The van der Waals surface area contributed by atoms with Gasteiger partial charge in [0.1, 0.15) is 0 Å². The average Bonchev–Trinajstić information content (AvgIpc) is 3.15. The number of nitrogens with one attached hydrogen (secondary N) is 1. The Balaban J connectivity index is 1.56. The number of nitrogens with zero attached hydrogens (tertiary/aromatic N) is 2. The van der Waals surface area contributed by atoms with E-state index in [1.165, 1.54) is 0 Å². The fraction of sp³-hybridized carbons (Fsp3) is 0.467. The Bertz CT molecular complexity index is 541. The Hall–Kier alpha value is -1.72. The van der Waals surface area contributed by atoms with Crippen LogP contribution in [0.3, 0.4) is 0 Å². The first kappa shape index (κ1) is 13.3. The molecule has 1 heterocycles. The molecule has 5 nitrogen and oxygen atoms in total. The predicted molar refractivity (Wildman–Crippen MR) is 75.0 cm³/mol. The molecule has 2 atom stereocenters. The van der Waals surface area contributed by atoms with Gasteiger partial charge in [-0.25, -0.2) is 0 Å². The molecular formula is C15H19N3O2. The molecule has 0 radical (unpaired) electrons. The molecule has 2 aromatic rings. The fourth-order valence-corrected chi connectivity index (χ4v) is 2.59. The average molecular weight is 273 g/mol. The minimum Gasteiger partial charge on any atom is -0.419 e. The summed E-state index contributed by atoms with van der Waals surface area (Å²) in [4.78, 5) is 0. The Morgan fingerprint density at radius 3 is 2.85 bits per heavy atom.